The molecule has 40 heavy (non-hydrogen) atoms. The molecule has 0 saturated carbocycles. The second-order valence-corrected chi connectivity index (χ2v) is 11.1. The lowest BCUT2D eigenvalue weighted by atomic mass is 9.95. The first-order valence-corrected chi connectivity index (χ1v) is 13.8. The molecule has 3 atom stereocenters. The summed E-state index contributed by atoms with van der Waals surface area (Å²) in [5, 5.41) is 17.7. The predicted molar refractivity (Wildman–Crippen MR) is 158 cm³/mol. The monoisotopic (exact) mass is 547 g/mol. The van der Waals surface area contributed by atoms with Crippen LogP contribution in [0.1, 0.15) is 66.0 Å². The summed E-state index contributed by atoms with van der Waals surface area (Å²) >= 11 is 0. The highest BCUT2D eigenvalue weighted by Gasteiger charge is 2.37. The number of carbonyl (C=O) groups excluding carboxylic acids is 3. The molecule has 0 aliphatic rings. The number of hydrogen-bond acceptors (Lipinski definition) is 5. The van der Waals surface area contributed by atoms with Gasteiger partial charge in [-0.2, -0.15) is 0 Å². The van der Waals surface area contributed by atoms with Gasteiger partial charge in [0.25, 0.3) is 5.91 Å². The molecule has 0 spiro atoms. The highest BCUT2D eigenvalue weighted by molar-refractivity contribution is 6.00. The number of rotatable bonds is 10. The lowest BCUT2D eigenvalue weighted by Gasteiger charge is -2.36. The summed E-state index contributed by atoms with van der Waals surface area (Å²) in [6.07, 6.45) is 0.521. The van der Waals surface area contributed by atoms with Gasteiger partial charge < -0.3 is 25.4 Å². The summed E-state index contributed by atoms with van der Waals surface area (Å²) in [6.45, 7) is 11.3. The highest BCUT2D eigenvalue weighted by Crippen LogP contribution is 2.28. The average molecular weight is 548 g/mol. The number of carbonyl (C=O) groups is 3. The van der Waals surface area contributed by atoms with Crippen LogP contribution in [0.3, 0.4) is 0 Å². The Labute approximate surface area is 236 Å². The quantitative estimate of drug-likeness (QED) is 0.272. The van der Waals surface area contributed by atoms with Gasteiger partial charge in [-0.3, -0.25) is 9.59 Å². The zero-order valence-electron chi connectivity index (χ0n) is 24.2. The topological polar surface area (TPSA) is 108 Å². The molecule has 0 aromatic heterocycles. The van der Waals surface area contributed by atoms with Gasteiger partial charge in [-0.25, -0.2) is 4.79 Å². The van der Waals surface area contributed by atoms with Gasteiger partial charge in [0.15, 0.2) is 0 Å². The van der Waals surface area contributed by atoms with Gasteiger partial charge in [0.1, 0.15) is 23.4 Å². The van der Waals surface area contributed by atoms with Crippen molar-refractivity contribution in [2.24, 2.45) is 5.92 Å². The van der Waals surface area contributed by atoms with E-state index in [0.29, 0.717) is 24.1 Å². The Balaban J connectivity index is 2.00. The minimum atomic E-state index is -1.01. The molecule has 0 heterocycles. The Morgan fingerprint density at radius 1 is 0.950 bits per heavy atom. The van der Waals surface area contributed by atoms with Crippen LogP contribution < -0.4 is 10.6 Å². The minimum absolute atomic E-state index is 0.0508. The van der Waals surface area contributed by atoms with Crippen molar-refractivity contribution in [3.8, 4) is 5.75 Å². The van der Waals surface area contributed by atoms with E-state index in [4.69, 9.17) is 4.74 Å². The lowest BCUT2D eigenvalue weighted by molar-refractivity contribution is -0.141. The van der Waals surface area contributed by atoms with E-state index in [-0.39, 0.29) is 24.1 Å². The molecule has 0 aliphatic carbocycles. The summed E-state index contributed by atoms with van der Waals surface area (Å²) in [7, 11) is 0. The van der Waals surface area contributed by atoms with Crippen LogP contribution in [-0.4, -0.2) is 46.1 Å². The van der Waals surface area contributed by atoms with E-state index in [1.165, 1.54) is 17.0 Å². The van der Waals surface area contributed by atoms with Crippen LogP contribution in [0.5, 0.6) is 5.75 Å². The van der Waals surface area contributed by atoms with Crippen molar-refractivity contribution >= 4 is 34.4 Å². The fourth-order valence-corrected chi connectivity index (χ4v) is 4.51. The number of phenolic OH excluding ortho intramolecular Hbond substituents is 1. The van der Waals surface area contributed by atoms with E-state index >= 15 is 0 Å². The number of nitrogens with one attached hydrogen (secondary N) is 2. The molecule has 0 radical (unpaired) electrons. The second kappa shape index (κ2) is 13.3. The number of amides is 3. The highest BCUT2D eigenvalue weighted by atomic mass is 16.6. The summed E-state index contributed by atoms with van der Waals surface area (Å²) < 4.78 is 5.44. The van der Waals surface area contributed by atoms with E-state index < -0.39 is 29.7 Å². The Kier molecular flexibility index (Phi) is 10.2. The normalized spacial score (nSPS) is 13.7. The number of aromatic hydroxyl groups is 1. The average Bonchev–Trinajstić information content (AvgIpc) is 2.90. The number of anilines is 1. The number of alkyl carbamates (subject to hydrolysis) is 1. The van der Waals surface area contributed by atoms with Crippen molar-refractivity contribution < 1.29 is 24.2 Å². The Morgan fingerprint density at radius 2 is 1.60 bits per heavy atom. The maximum Gasteiger partial charge on any atom is 0.408 e. The van der Waals surface area contributed by atoms with Crippen LogP contribution >= 0.6 is 0 Å². The molecule has 214 valence electrons. The predicted octanol–water partition coefficient (Wildman–Crippen LogP) is 6.40. The van der Waals surface area contributed by atoms with Crippen molar-refractivity contribution in [2.45, 2.75) is 72.1 Å². The van der Waals surface area contributed by atoms with Gasteiger partial charge in [-0.05, 0) is 73.7 Å². The fraction of sp³-hybridized carbons (Fsp3) is 0.406. The summed E-state index contributed by atoms with van der Waals surface area (Å²) in [6, 6.07) is 17.8. The molecule has 3 N–H and O–H groups in total. The van der Waals surface area contributed by atoms with Gasteiger partial charge in [0.2, 0.25) is 5.91 Å². The number of nitrogens with zero attached hydrogens (tertiary/aromatic N) is 1. The summed E-state index contributed by atoms with van der Waals surface area (Å²) in [5.41, 5.74) is 0.407. The standard InChI is InChI=1S/C32H41N3O5/c1-7-19-35(30(38)27(21(3)8-2)34-31(39)40-32(4,5)6)28(23-14-17-26(36)18-15-23)29(37)33-25-16-13-22-11-9-10-12-24(22)20-25/h9-18,20-21,27-28,36H,7-8,19H2,1-6H3,(H,33,37)(H,34,39). The second-order valence-electron chi connectivity index (χ2n) is 11.1. The van der Waals surface area contributed by atoms with Crippen molar-refractivity contribution in [3.63, 3.8) is 0 Å². The molecule has 3 rings (SSSR count). The van der Waals surface area contributed by atoms with Crippen molar-refractivity contribution in [1.82, 2.24) is 10.2 Å². The zero-order chi connectivity index (χ0) is 29.4. The van der Waals surface area contributed by atoms with Gasteiger partial charge in [0.05, 0.1) is 0 Å². The molecule has 3 aromatic rings. The van der Waals surface area contributed by atoms with Gasteiger partial charge >= 0.3 is 6.09 Å². The minimum Gasteiger partial charge on any atom is -0.508 e. The molecule has 3 amide bonds. The third-order valence-corrected chi connectivity index (χ3v) is 6.68. The van der Waals surface area contributed by atoms with Gasteiger partial charge in [-0.15, -0.1) is 0 Å². The van der Waals surface area contributed by atoms with E-state index in [1.807, 2.05) is 63.2 Å². The number of benzene rings is 3. The van der Waals surface area contributed by atoms with Crippen molar-refractivity contribution in [3.05, 3.63) is 72.3 Å². The van der Waals surface area contributed by atoms with Crippen molar-refractivity contribution in [2.75, 3.05) is 11.9 Å². The first-order valence-electron chi connectivity index (χ1n) is 13.8. The molecule has 3 unspecified atom stereocenters. The van der Waals surface area contributed by atoms with Crippen LogP contribution in [-0.2, 0) is 14.3 Å². The first-order chi connectivity index (χ1) is 18.9. The zero-order valence-corrected chi connectivity index (χ0v) is 24.2. The van der Waals surface area contributed by atoms with E-state index in [1.54, 1.807) is 32.9 Å². The molecule has 0 aliphatic heterocycles. The van der Waals surface area contributed by atoms with Gasteiger partial charge in [0, 0.05) is 12.2 Å². The number of fused-ring (bicyclic) bond motifs is 1. The number of hydrogen-bond donors (Lipinski definition) is 3. The Hall–Kier alpha value is -4.07. The Morgan fingerprint density at radius 3 is 2.20 bits per heavy atom. The SMILES string of the molecule is CCCN(C(=O)C(NC(=O)OC(C)(C)C)C(C)CC)C(C(=O)Nc1ccc2ccccc2c1)c1ccc(O)cc1. The molecule has 8 nitrogen and oxygen atoms in total. The maximum absolute atomic E-state index is 14.2. The lowest BCUT2D eigenvalue weighted by Crippen LogP contribution is -2.54. The van der Waals surface area contributed by atoms with E-state index in [9.17, 15) is 19.5 Å². The largest absolute Gasteiger partial charge is 0.508 e. The molecule has 8 heteroatoms. The van der Waals surface area contributed by atoms with Crippen LogP contribution in [0.4, 0.5) is 10.5 Å². The van der Waals surface area contributed by atoms with Gasteiger partial charge in [-0.1, -0.05) is 69.7 Å². The number of ether oxygens (including phenoxy) is 1. The molecular weight excluding hydrogens is 506 g/mol. The maximum atomic E-state index is 14.2. The smallest absolute Gasteiger partial charge is 0.408 e. The summed E-state index contributed by atoms with van der Waals surface area (Å²) in [5.74, 6) is -0.949. The van der Waals surface area contributed by atoms with Crippen LogP contribution in [0, 0.1) is 5.92 Å². The van der Waals surface area contributed by atoms with Crippen LogP contribution in [0.2, 0.25) is 0 Å². The molecule has 0 fully saturated rings. The van der Waals surface area contributed by atoms with E-state index in [2.05, 4.69) is 10.6 Å². The van der Waals surface area contributed by atoms with Crippen molar-refractivity contribution in [1.29, 1.82) is 0 Å². The van der Waals surface area contributed by atoms with Crippen LogP contribution in [0.15, 0.2) is 66.7 Å². The number of phenols is 1. The molecular formula is C32H41N3O5. The third kappa shape index (κ3) is 7.97. The van der Waals surface area contributed by atoms with E-state index in [0.717, 1.165) is 10.8 Å². The first kappa shape index (κ1) is 30.5. The molecule has 0 saturated heterocycles. The summed E-state index contributed by atoms with van der Waals surface area (Å²) in [4.78, 5) is 42.4. The molecule has 0 bridgehead atoms. The van der Waals surface area contributed by atoms with Crippen LogP contribution in [0.25, 0.3) is 10.8 Å². The molecule has 3 aromatic carbocycles. The Bertz CT molecular complexity index is 1320. The third-order valence-electron chi connectivity index (χ3n) is 6.68. The fourth-order valence-electron chi connectivity index (χ4n) is 4.51.